The second kappa shape index (κ2) is 5.54. The summed E-state index contributed by atoms with van der Waals surface area (Å²) in [7, 11) is 0. The molecular formula is C15H15N3OS. The van der Waals surface area contributed by atoms with Gasteiger partial charge in [-0.15, -0.1) is 0 Å². The van der Waals surface area contributed by atoms with E-state index in [1.807, 2.05) is 43.5 Å². The fraction of sp³-hybridized carbons (Fsp3) is 0.200. The molecule has 2 aromatic heterocycles. The van der Waals surface area contributed by atoms with Gasteiger partial charge in [0.2, 0.25) is 0 Å². The van der Waals surface area contributed by atoms with Crippen LogP contribution in [-0.2, 0) is 5.75 Å². The summed E-state index contributed by atoms with van der Waals surface area (Å²) in [6, 6.07) is 9.81. The molecule has 0 saturated carbocycles. The van der Waals surface area contributed by atoms with Crippen molar-refractivity contribution in [3.8, 4) is 17.0 Å². The van der Waals surface area contributed by atoms with Crippen LogP contribution in [0.25, 0.3) is 16.9 Å². The lowest BCUT2D eigenvalue weighted by Crippen LogP contribution is -1.91. The summed E-state index contributed by atoms with van der Waals surface area (Å²) < 4.78 is 7.25. The van der Waals surface area contributed by atoms with E-state index in [0.717, 1.165) is 28.2 Å². The maximum atomic E-state index is 5.46. The molecule has 0 aliphatic rings. The molecule has 0 amide bonds. The molecule has 0 aliphatic heterocycles. The number of hydrogen-bond donors (Lipinski definition) is 1. The summed E-state index contributed by atoms with van der Waals surface area (Å²) >= 11 is 4.41. The van der Waals surface area contributed by atoms with E-state index in [0.29, 0.717) is 12.4 Å². The average Bonchev–Trinajstić information content (AvgIpc) is 2.87. The third-order valence-electron chi connectivity index (χ3n) is 3.09. The first-order valence-corrected chi connectivity index (χ1v) is 7.13. The number of thiol groups is 1. The van der Waals surface area contributed by atoms with Crippen LogP contribution >= 0.6 is 12.6 Å². The van der Waals surface area contributed by atoms with Crippen LogP contribution in [0.3, 0.4) is 0 Å². The van der Waals surface area contributed by atoms with Crippen molar-refractivity contribution in [3.63, 3.8) is 0 Å². The summed E-state index contributed by atoms with van der Waals surface area (Å²) in [6.45, 7) is 2.64. The molecule has 0 unspecified atom stereocenters. The molecule has 0 saturated heterocycles. The summed E-state index contributed by atoms with van der Waals surface area (Å²) in [5.74, 6) is 1.47. The highest BCUT2D eigenvalue weighted by Gasteiger charge is 2.13. The van der Waals surface area contributed by atoms with Gasteiger partial charge in [-0.2, -0.15) is 17.7 Å². The number of benzene rings is 1. The molecule has 3 rings (SSSR count). The Labute approximate surface area is 122 Å². The van der Waals surface area contributed by atoms with Gasteiger partial charge < -0.3 is 4.74 Å². The maximum Gasteiger partial charge on any atom is 0.159 e. The SMILES string of the molecule is CCOc1ccc(-c2nn3cccnc3c2CS)cc1. The van der Waals surface area contributed by atoms with E-state index in [1.54, 1.807) is 10.7 Å². The van der Waals surface area contributed by atoms with Gasteiger partial charge in [0, 0.05) is 29.3 Å². The van der Waals surface area contributed by atoms with Crippen LogP contribution in [0.15, 0.2) is 42.7 Å². The van der Waals surface area contributed by atoms with Crippen molar-refractivity contribution in [1.29, 1.82) is 0 Å². The maximum absolute atomic E-state index is 5.46. The smallest absolute Gasteiger partial charge is 0.159 e. The minimum absolute atomic E-state index is 0.600. The number of ether oxygens (including phenoxy) is 1. The zero-order chi connectivity index (χ0) is 13.9. The lowest BCUT2D eigenvalue weighted by Gasteiger charge is -2.04. The second-order valence-electron chi connectivity index (χ2n) is 4.33. The molecule has 1 aromatic carbocycles. The number of aromatic nitrogens is 3. The van der Waals surface area contributed by atoms with E-state index in [4.69, 9.17) is 4.74 Å². The minimum Gasteiger partial charge on any atom is -0.494 e. The highest BCUT2D eigenvalue weighted by molar-refractivity contribution is 7.79. The molecule has 102 valence electrons. The molecule has 0 N–H and O–H groups in total. The zero-order valence-electron chi connectivity index (χ0n) is 11.2. The van der Waals surface area contributed by atoms with Crippen LogP contribution in [0.1, 0.15) is 12.5 Å². The quantitative estimate of drug-likeness (QED) is 0.748. The highest BCUT2D eigenvalue weighted by Crippen LogP contribution is 2.27. The Morgan fingerprint density at radius 1 is 1.25 bits per heavy atom. The van der Waals surface area contributed by atoms with E-state index in [-0.39, 0.29) is 0 Å². The first-order chi connectivity index (χ1) is 9.83. The number of fused-ring (bicyclic) bond motifs is 1. The topological polar surface area (TPSA) is 39.4 Å². The molecular weight excluding hydrogens is 270 g/mol. The van der Waals surface area contributed by atoms with Crippen molar-refractivity contribution in [2.24, 2.45) is 0 Å². The van der Waals surface area contributed by atoms with Crippen molar-refractivity contribution >= 4 is 18.3 Å². The third kappa shape index (κ3) is 2.25. The van der Waals surface area contributed by atoms with Gasteiger partial charge >= 0.3 is 0 Å². The van der Waals surface area contributed by atoms with E-state index >= 15 is 0 Å². The molecule has 0 atom stereocenters. The van der Waals surface area contributed by atoms with Gasteiger partial charge in [-0.3, -0.25) is 0 Å². The van der Waals surface area contributed by atoms with Crippen LogP contribution in [0, 0.1) is 0 Å². The van der Waals surface area contributed by atoms with E-state index in [2.05, 4.69) is 22.7 Å². The average molecular weight is 285 g/mol. The number of hydrogen-bond acceptors (Lipinski definition) is 4. The number of rotatable bonds is 4. The first-order valence-electron chi connectivity index (χ1n) is 6.49. The van der Waals surface area contributed by atoms with Gasteiger partial charge in [-0.25, -0.2) is 9.50 Å². The second-order valence-corrected chi connectivity index (χ2v) is 4.65. The summed E-state index contributed by atoms with van der Waals surface area (Å²) in [4.78, 5) is 4.37. The van der Waals surface area contributed by atoms with Gasteiger partial charge in [0.05, 0.1) is 12.3 Å². The van der Waals surface area contributed by atoms with E-state index in [1.165, 1.54) is 0 Å². The summed E-state index contributed by atoms with van der Waals surface area (Å²) in [5.41, 5.74) is 3.86. The Morgan fingerprint density at radius 2 is 2.05 bits per heavy atom. The normalized spacial score (nSPS) is 10.9. The van der Waals surface area contributed by atoms with Crippen molar-refractivity contribution in [2.75, 3.05) is 6.61 Å². The summed E-state index contributed by atoms with van der Waals surface area (Å²) in [5, 5.41) is 4.59. The third-order valence-corrected chi connectivity index (χ3v) is 3.40. The van der Waals surface area contributed by atoms with Gasteiger partial charge in [0.25, 0.3) is 0 Å². The van der Waals surface area contributed by atoms with Gasteiger partial charge in [-0.1, -0.05) is 0 Å². The lowest BCUT2D eigenvalue weighted by molar-refractivity contribution is 0.340. The van der Waals surface area contributed by atoms with Gasteiger partial charge in [0.1, 0.15) is 5.75 Å². The molecule has 20 heavy (non-hydrogen) atoms. The van der Waals surface area contributed by atoms with Crippen LogP contribution < -0.4 is 4.74 Å². The van der Waals surface area contributed by atoms with Crippen molar-refractivity contribution < 1.29 is 4.74 Å². The van der Waals surface area contributed by atoms with Gasteiger partial charge in [-0.05, 0) is 37.3 Å². The fourth-order valence-corrected chi connectivity index (χ4v) is 2.48. The molecule has 0 fully saturated rings. The highest BCUT2D eigenvalue weighted by atomic mass is 32.1. The van der Waals surface area contributed by atoms with Crippen molar-refractivity contribution in [2.45, 2.75) is 12.7 Å². The molecule has 0 bridgehead atoms. The predicted octanol–water partition coefficient (Wildman–Crippen LogP) is 3.22. The zero-order valence-corrected chi connectivity index (χ0v) is 12.0. The fourth-order valence-electron chi connectivity index (χ4n) is 2.19. The predicted molar refractivity (Wildman–Crippen MR) is 82.3 cm³/mol. The van der Waals surface area contributed by atoms with E-state index < -0.39 is 0 Å². The molecule has 0 spiro atoms. The van der Waals surface area contributed by atoms with Crippen LogP contribution in [0.5, 0.6) is 5.75 Å². The largest absolute Gasteiger partial charge is 0.494 e. The molecule has 3 aromatic rings. The number of nitrogens with zero attached hydrogens (tertiary/aromatic N) is 3. The van der Waals surface area contributed by atoms with Crippen LogP contribution in [-0.4, -0.2) is 21.2 Å². The van der Waals surface area contributed by atoms with Crippen molar-refractivity contribution in [1.82, 2.24) is 14.6 Å². The van der Waals surface area contributed by atoms with Crippen LogP contribution in [0.2, 0.25) is 0 Å². The Kier molecular flexibility index (Phi) is 3.60. The summed E-state index contributed by atoms with van der Waals surface area (Å²) in [6.07, 6.45) is 3.67. The minimum atomic E-state index is 0.600. The molecule has 0 aliphatic carbocycles. The molecule has 0 radical (unpaired) electrons. The molecule has 4 nitrogen and oxygen atoms in total. The van der Waals surface area contributed by atoms with Gasteiger partial charge in [0.15, 0.2) is 5.65 Å². The van der Waals surface area contributed by atoms with Crippen LogP contribution in [0.4, 0.5) is 0 Å². The molecule has 5 heteroatoms. The Morgan fingerprint density at radius 3 is 2.75 bits per heavy atom. The first kappa shape index (κ1) is 13.0. The Hall–Kier alpha value is -2.01. The van der Waals surface area contributed by atoms with E-state index in [9.17, 15) is 0 Å². The standard InChI is InChI=1S/C15H15N3OS/c1-2-19-12-6-4-11(5-7-12)14-13(10-20)15-16-8-3-9-18(15)17-14/h3-9,20H,2,10H2,1H3. The monoisotopic (exact) mass is 285 g/mol. The Balaban J connectivity index is 2.09. The van der Waals surface area contributed by atoms with Crippen molar-refractivity contribution in [3.05, 3.63) is 48.3 Å². The lowest BCUT2D eigenvalue weighted by atomic mass is 10.1. The molecule has 2 heterocycles. The Bertz CT molecular complexity index is 722.